The third-order valence-corrected chi connectivity index (χ3v) is 4.99. The number of benzene rings is 1. The summed E-state index contributed by atoms with van der Waals surface area (Å²) in [5.41, 5.74) is -1.94. The monoisotopic (exact) mass is 358 g/mol. The van der Waals surface area contributed by atoms with Gasteiger partial charge in [0.2, 0.25) is 0 Å². The Labute approximate surface area is 157 Å². The first kappa shape index (κ1) is 20.5. The molecule has 142 valence electrons. The maximum Gasteiger partial charge on any atom is 0.344 e. The number of nitrogens with two attached hydrogens (primary N) is 1. The molecule has 0 amide bonds. The van der Waals surface area contributed by atoms with E-state index in [1.165, 1.54) is 0 Å². The van der Waals surface area contributed by atoms with Crippen molar-refractivity contribution in [1.29, 1.82) is 0 Å². The quantitative estimate of drug-likeness (QED) is 0.466. The Morgan fingerprint density at radius 3 is 2.50 bits per heavy atom. The highest BCUT2D eigenvalue weighted by atomic mass is 16.6. The van der Waals surface area contributed by atoms with Crippen molar-refractivity contribution >= 4 is 5.97 Å². The van der Waals surface area contributed by atoms with E-state index in [1.54, 1.807) is 13.8 Å². The standard InChI is InChI=1S/C22H31NO3/c1-4-23-17-11-16-21(2,3)26-20(24)22(25,18-12-7-5-8-13-18)19-14-9-6-10-15-19/h5,7-8,12-13,19,23,25H,4,6,9-10,14-15,17H2,1-3H3/p+1. The van der Waals surface area contributed by atoms with E-state index in [2.05, 4.69) is 24.1 Å². The van der Waals surface area contributed by atoms with E-state index in [-0.39, 0.29) is 5.92 Å². The summed E-state index contributed by atoms with van der Waals surface area (Å²) in [7, 11) is 0. The molecule has 0 spiro atoms. The first-order chi connectivity index (χ1) is 12.4. The summed E-state index contributed by atoms with van der Waals surface area (Å²) in [5, 5.41) is 13.6. The predicted molar refractivity (Wildman–Crippen MR) is 102 cm³/mol. The Morgan fingerprint density at radius 2 is 1.88 bits per heavy atom. The molecule has 1 saturated carbocycles. The van der Waals surface area contributed by atoms with Crippen LogP contribution in [0.15, 0.2) is 30.3 Å². The third kappa shape index (κ3) is 5.09. The van der Waals surface area contributed by atoms with Gasteiger partial charge >= 0.3 is 5.97 Å². The molecule has 0 aromatic heterocycles. The molecule has 4 nitrogen and oxygen atoms in total. The number of hydrogen-bond acceptors (Lipinski definition) is 3. The van der Waals surface area contributed by atoms with Gasteiger partial charge in [0.15, 0.2) is 11.2 Å². The summed E-state index contributed by atoms with van der Waals surface area (Å²) in [6, 6.07) is 9.20. The van der Waals surface area contributed by atoms with E-state index in [1.807, 2.05) is 30.3 Å². The Bertz CT molecular complexity index is 638. The van der Waals surface area contributed by atoms with Gasteiger partial charge < -0.3 is 15.2 Å². The smallest absolute Gasteiger partial charge is 0.344 e. The first-order valence-corrected chi connectivity index (χ1v) is 9.73. The second-order valence-electron chi connectivity index (χ2n) is 7.57. The fraction of sp³-hybridized carbons (Fsp3) is 0.591. The molecule has 1 aromatic rings. The predicted octanol–water partition coefficient (Wildman–Crippen LogP) is 2.36. The lowest BCUT2D eigenvalue weighted by Crippen LogP contribution is -2.83. The van der Waals surface area contributed by atoms with Gasteiger partial charge in [-0.25, -0.2) is 4.79 Å². The molecule has 2 rings (SSSR count). The van der Waals surface area contributed by atoms with Gasteiger partial charge in [0.05, 0.1) is 6.54 Å². The Balaban J connectivity index is 2.24. The van der Waals surface area contributed by atoms with Crippen molar-refractivity contribution in [3.63, 3.8) is 0 Å². The second kappa shape index (κ2) is 9.21. The number of carbonyl (C=O) groups is 1. The number of quaternary nitrogens is 1. The molecule has 1 fully saturated rings. The lowest BCUT2D eigenvalue weighted by molar-refractivity contribution is -0.640. The molecule has 1 aliphatic rings. The van der Waals surface area contributed by atoms with Crippen LogP contribution in [0.2, 0.25) is 0 Å². The first-order valence-electron chi connectivity index (χ1n) is 9.73. The van der Waals surface area contributed by atoms with Crippen LogP contribution in [-0.4, -0.2) is 29.8 Å². The third-order valence-electron chi connectivity index (χ3n) is 4.99. The molecule has 4 heteroatoms. The summed E-state index contributed by atoms with van der Waals surface area (Å²) in [5.74, 6) is 5.34. The van der Waals surface area contributed by atoms with Gasteiger partial charge in [-0.1, -0.05) is 55.5 Å². The van der Waals surface area contributed by atoms with Gasteiger partial charge in [-0.3, -0.25) is 0 Å². The fourth-order valence-corrected chi connectivity index (χ4v) is 3.55. The SMILES string of the molecule is CC[NH2+]CC#CC(C)(C)OC(=O)C(O)(c1ccccc1)C1CCCCC1. The zero-order valence-corrected chi connectivity index (χ0v) is 16.3. The van der Waals surface area contributed by atoms with Gasteiger partial charge in [0, 0.05) is 5.92 Å². The Hall–Kier alpha value is -1.83. The number of aliphatic hydroxyl groups is 1. The number of ether oxygens (including phenoxy) is 1. The molecule has 1 atom stereocenters. The summed E-state index contributed by atoms with van der Waals surface area (Å²) < 4.78 is 5.71. The molecular formula is C22H32NO3+. The minimum atomic E-state index is -1.61. The van der Waals surface area contributed by atoms with Crippen LogP contribution in [0.25, 0.3) is 0 Å². The van der Waals surface area contributed by atoms with Crippen LogP contribution in [-0.2, 0) is 15.1 Å². The molecule has 0 heterocycles. The largest absolute Gasteiger partial charge is 0.444 e. The second-order valence-corrected chi connectivity index (χ2v) is 7.57. The van der Waals surface area contributed by atoms with E-state index in [4.69, 9.17) is 4.74 Å². The molecule has 3 N–H and O–H groups in total. The molecule has 0 bridgehead atoms. The highest BCUT2D eigenvalue weighted by Crippen LogP contribution is 2.41. The summed E-state index contributed by atoms with van der Waals surface area (Å²) in [4.78, 5) is 13.1. The van der Waals surface area contributed by atoms with E-state index in [9.17, 15) is 9.90 Å². The van der Waals surface area contributed by atoms with Crippen LogP contribution in [0, 0.1) is 17.8 Å². The topological polar surface area (TPSA) is 63.1 Å². The van der Waals surface area contributed by atoms with Crippen LogP contribution in [0.4, 0.5) is 0 Å². The lowest BCUT2D eigenvalue weighted by Gasteiger charge is -2.38. The lowest BCUT2D eigenvalue weighted by atomic mass is 9.73. The van der Waals surface area contributed by atoms with Gasteiger partial charge in [-0.15, -0.1) is 0 Å². The maximum atomic E-state index is 13.1. The summed E-state index contributed by atoms with van der Waals surface area (Å²) in [6.45, 7) is 7.25. The summed E-state index contributed by atoms with van der Waals surface area (Å²) >= 11 is 0. The minimum Gasteiger partial charge on any atom is -0.444 e. The van der Waals surface area contributed by atoms with Crippen molar-refractivity contribution in [1.82, 2.24) is 0 Å². The average Bonchev–Trinajstić information content (AvgIpc) is 2.65. The van der Waals surface area contributed by atoms with Gasteiger partial charge in [-0.05, 0) is 45.1 Å². The van der Waals surface area contributed by atoms with Crippen LogP contribution < -0.4 is 5.32 Å². The molecule has 0 saturated heterocycles. The molecule has 1 unspecified atom stereocenters. The van der Waals surface area contributed by atoms with Crippen molar-refractivity contribution in [3.05, 3.63) is 35.9 Å². The molecule has 0 aliphatic heterocycles. The Kier molecular flexibility index (Phi) is 7.25. The highest BCUT2D eigenvalue weighted by molar-refractivity contribution is 5.82. The molecule has 0 radical (unpaired) electrons. The number of hydrogen-bond donors (Lipinski definition) is 2. The number of carbonyl (C=O) groups excluding carboxylic acids is 1. The molecule has 26 heavy (non-hydrogen) atoms. The highest BCUT2D eigenvalue weighted by Gasteiger charge is 2.48. The van der Waals surface area contributed by atoms with E-state index < -0.39 is 17.2 Å². The fourth-order valence-electron chi connectivity index (χ4n) is 3.55. The van der Waals surface area contributed by atoms with E-state index in [0.717, 1.165) is 38.6 Å². The normalized spacial score (nSPS) is 17.7. The van der Waals surface area contributed by atoms with Crippen LogP contribution >= 0.6 is 0 Å². The maximum absolute atomic E-state index is 13.1. The van der Waals surface area contributed by atoms with Crippen LogP contribution in [0.1, 0.15) is 58.4 Å². The zero-order chi connectivity index (χ0) is 19.0. The molecular weight excluding hydrogens is 326 g/mol. The zero-order valence-electron chi connectivity index (χ0n) is 16.3. The number of esters is 1. The minimum absolute atomic E-state index is 0.122. The molecule has 1 aromatic carbocycles. The summed E-state index contributed by atoms with van der Waals surface area (Å²) in [6.07, 6.45) is 4.88. The van der Waals surface area contributed by atoms with Crippen LogP contribution in [0.3, 0.4) is 0 Å². The van der Waals surface area contributed by atoms with E-state index >= 15 is 0 Å². The van der Waals surface area contributed by atoms with Crippen molar-refractivity contribution in [3.8, 4) is 11.8 Å². The Morgan fingerprint density at radius 1 is 1.23 bits per heavy atom. The van der Waals surface area contributed by atoms with Crippen molar-refractivity contribution in [2.24, 2.45) is 5.92 Å². The molecule has 1 aliphatic carbocycles. The van der Waals surface area contributed by atoms with Gasteiger partial charge in [0.1, 0.15) is 6.54 Å². The van der Waals surface area contributed by atoms with Crippen molar-refractivity contribution in [2.45, 2.75) is 64.1 Å². The average molecular weight is 359 g/mol. The number of rotatable bonds is 6. The van der Waals surface area contributed by atoms with Gasteiger partial charge in [-0.2, -0.15) is 0 Å². The van der Waals surface area contributed by atoms with Crippen LogP contribution in [0.5, 0.6) is 0 Å². The van der Waals surface area contributed by atoms with Crippen molar-refractivity contribution in [2.75, 3.05) is 13.1 Å². The van der Waals surface area contributed by atoms with Gasteiger partial charge in [0.25, 0.3) is 0 Å². The van der Waals surface area contributed by atoms with E-state index in [0.29, 0.717) is 12.1 Å². The van der Waals surface area contributed by atoms with Crippen molar-refractivity contribution < 1.29 is 20.0 Å².